The van der Waals surface area contributed by atoms with Crippen LogP contribution in [0.15, 0.2) is 18.2 Å². The number of hydrogen-bond acceptors (Lipinski definition) is 5. The molecule has 0 saturated heterocycles. The van der Waals surface area contributed by atoms with Crippen LogP contribution < -0.4 is 16.4 Å². The summed E-state index contributed by atoms with van der Waals surface area (Å²) in [4.78, 5) is 11.4. The van der Waals surface area contributed by atoms with Gasteiger partial charge in [0.2, 0.25) is 0 Å². The molecule has 4 N–H and O–H groups in total. The summed E-state index contributed by atoms with van der Waals surface area (Å²) >= 11 is 0. The highest BCUT2D eigenvalue weighted by molar-refractivity contribution is 5.67. The van der Waals surface area contributed by atoms with Crippen molar-refractivity contribution >= 4 is 17.5 Å². The highest BCUT2D eigenvalue weighted by atomic mass is 16.6. The predicted octanol–water partition coefficient (Wildman–Crippen LogP) is 2.47. The Morgan fingerprint density at radius 1 is 1.38 bits per heavy atom. The number of rotatable bonds is 5. The molecule has 0 atom stereocenters. The molecule has 1 amide bonds. The fourth-order valence-corrected chi connectivity index (χ4v) is 1.62. The van der Waals surface area contributed by atoms with Crippen LogP contribution in [0, 0.1) is 11.3 Å². The second-order valence-corrected chi connectivity index (χ2v) is 5.63. The zero-order valence-electron chi connectivity index (χ0n) is 12.7. The van der Waals surface area contributed by atoms with Crippen molar-refractivity contribution in [3.05, 3.63) is 23.8 Å². The third kappa shape index (κ3) is 6.52. The van der Waals surface area contributed by atoms with Crippen LogP contribution in [0.1, 0.15) is 32.8 Å². The Hall–Kier alpha value is -2.42. The molecular formula is C15H22N4O2. The minimum absolute atomic E-state index is 0.423. The lowest BCUT2D eigenvalue weighted by Crippen LogP contribution is -2.33. The molecule has 0 aliphatic rings. The summed E-state index contributed by atoms with van der Waals surface area (Å²) in [5.41, 5.74) is 6.94. The Balaban J connectivity index is 2.29. The van der Waals surface area contributed by atoms with E-state index in [0.717, 1.165) is 5.69 Å². The largest absolute Gasteiger partial charge is 0.444 e. The number of ether oxygens (including phenoxy) is 1. The molecule has 0 saturated carbocycles. The lowest BCUT2D eigenvalue weighted by molar-refractivity contribution is 0.0528. The van der Waals surface area contributed by atoms with Crippen molar-refractivity contribution in [2.45, 2.75) is 32.8 Å². The van der Waals surface area contributed by atoms with E-state index in [0.29, 0.717) is 30.8 Å². The Kier molecular flexibility index (Phi) is 5.85. The molecule has 6 heteroatoms. The maximum absolute atomic E-state index is 11.4. The molecule has 0 aliphatic heterocycles. The summed E-state index contributed by atoms with van der Waals surface area (Å²) in [5, 5.41) is 14.8. The predicted molar refractivity (Wildman–Crippen MR) is 82.9 cm³/mol. The van der Waals surface area contributed by atoms with Gasteiger partial charge in [0.25, 0.3) is 0 Å². The van der Waals surface area contributed by atoms with E-state index in [2.05, 4.69) is 16.7 Å². The number of benzene rings is 1. The molecule has 0 radical (unpaired) electrons. The van der Waals surface area contributed by atoms with Gasteiger partial charge in [-0.15, -0.1) is 0 Å². The Labute approximate surface area is 125 Å². The van der Waals surface area contributed by atoms with Gasteiger partial charge in [-0.3, -0.25) is 0 Å². The van der Waals surface area contributed by atoms with Crippen LogP contribution in [0.4, 0.5) is 16.2 Å². The van der Waals surface area contributed by atoms with Gasteiger partial charge in [-0.1, -0.05) is 0 Å². The quantitative estimate of drug-likeness (QED) is 0.571. The van der Waals surface area contributed by atoms with Crippen LogP contribution in [0.25, 0.3) is 0 Å². The molecule has 0 unspecified atom stereocenters. The molecule has 114 valence electrons. The number of anilines is 2. The summed E-state index contributed by atoms with van der Waals surface area (Å²) in [6, 6.07) is 7.23. The monoisotopic (exact) mass is 290 g/mol. The van der Waals surface area contributed by atoms with Crippen LogP contribution >= 0.6 is 0 Å². The topological polar surface area (TPSA) is 100 Å². The first-order valence-electron chi connectivity index (χ1n) is 6.82. The number of alkyl carbamates (subject to hydrolysis) is 1. The van der Waals surface area contributed by atoms with Gasteiger partial charge < -0.3 is 21.1 Å². The van der Waals surface area contributed by atoms with Gasteiger partial charge in [-0.05, 0) is 45.4 Å². The smallest absolute Gasteiger partial charge is 0.407 e. The number of carbonyl (C=O) groups is 1. The van der Waals surface area contributed by atoms with Crippen molar-refractivity contribution < 1.29 is 9.53 Å². The van der Waals surface area contributed by atoms with Crippen LogP contribution in [0.3, 0.4) is 0 Å². The summed E-state index contributed by atoms with van der Waals surface area (Å²) in [5.74, 6) is 0. The summed E-state index contributed by atoms with van der Waals surface area (Å²) in [6.45, 7) is 6.59. The van der Waals surface area contributed by atoms with E-state index in [1.54, 1.807) is 18.2 Å². The zero-order chi connectivity index (χ0) is 15.9. The zero-order valence-corrected chi connectivity index (χ0v) is 12.7. The standard InChI is InChI=1S/C15H22N4O2/c1-15(2,3)21-14(20)19-8-4-7-18-13-6-5-12(17)9-11(13)10-16/h5-6,9,18H,4,7-8,17H2,1-3H3,(H,19,20). The minimum Gasteiger partial charge on any atom is -0.444 e. The molecule has 1 aromatic rings. The Morgan fingerprint density at radius 3 is 2.71 bits per heavy atom. The van der Waals surface area contributed by atoms with E-state index in [-0.39, 0.29) is 0 Å². The number of nitrogen functional groups attached to an aromatic ring is 1. The molecule has 0 spiro atoms. The SMILES string of the molecule is CC(C)(C)OC(=O)NCCCNc1ccc(N)cc1C#N. The van der Waals surface area contributed by atoms with Gasteiger partial charge >= 0.3 is 6.09 Å². The van der Waals surface area contributed by atoms with E-state index in [4.69, 9.17) is 15.7 Å². The molecular weight excluding hydrogens is 268 g/mol. The van der Waals surface area contributed by atoms with Gasteiger partial charge in [0, 0.05) is 18.8 Å². The molecule has 0 fully saturated rings. The first kappa shape index (κ1) is 16.6. The van der Waals surface area contributed by atoms with Crippen molar-refractivity contribution in [3.63, 3.8) is 0 Å². The van der Waals surface area contributed by atoms with Gasteiger partial charge in [0.1, 0.15) is 11.7 Å². The fraction of sp³-hybridized carbons (Fsp3) is 0.467. The maximum Gasteiger partial charge on any atom is 0.407 e. The Morgan fingerprint density at radius 2 is 2.10 bits per heavy atom. The number of amides is 1. The number of nitrogens with zero attached hydrogens (tertiary/aromatic N) is 1. The fourth-order valence-electron chi connectivity index (χ4n) is 1.62. The number of nitriles is 1. The Bertz CT molecular complexity index is 529. The normalized spacial score (nSPS) is 10.6. The van der Waals surface area contributed by atoms with Crippen LogP contribution in [0.2, 0.25) is 0 Å². The molecule has 0 bridgehead atoms. The number of hydrogen-bond donors (Lipinski definition) is 3. The van der Waals surface area contributed by atoms with Crippen molar-refractivity contribution in [2.75, 3.05) is 24.1 Å². The van der Waals surface area contributed by atoms with Gasteiger partial charge in [-0.2, -0.15) is 5.26 Å². The van der Waals surface area contributed by atoms with E-state index in [9.17, 15) is 4.79 Å². The molecule has 0 aliphatic carbocycles. The third-order valence-electron chi connectivity index (χ3n) is 2.50. The van der Waals surface area contributed by atoms with E-state index in [1.165, 1.54) is 0 Å². The summed E-state index contributed by atoms with van der Waals surface area (Å²) in [6.07, 6.45) is 0.293. The van der Waals surface area contributed by atoms with Crippen LogP contribution in [-0.2, 0) is 4.74 Å². The van der Waals surface area contributed by atoms with E-state index in [1.807, 2.05) is 20.8 Å². The third-order valence-corrected chi connectivity index (χ3v) is 2.50. The molecule has 0 heterocycles. The number of nitrogens with two attached hydrogens (primary N) is 1. The molecule has 6 nitrogen and oxygen atoms in total. The lowest BCUT2D eigenvalue weighted by Gasteiger charge is -2.19. The van der Waals surface area contributed by atoms with Gasteiger partial charge in [0.05, 0.1) is 11.3 Å². The van der Waals surface area contributed by atoms with Gasteiger partial charge in [0.15, 0.2) is 0 Å². The molecule has 0 aromatic heterocycles. The first-order valence-corrected chi connectivity index (χ1v) is 6.82. The van der Waals surface area contributed by atoms with E-state index < -0.39 is 11.7 Å². The van der Waals surface area contributed by atoms with Crippen molar-refractivity contribution in [1.82, 2.24) is 5.32 Å². The van der Waals surface area contributed by atoms with Crippen molar-refractivity contribution in [1.29, 1.82) is 5.26 Å². The summed E-state index contributed by atoms with van der Waals surface area (Å²) in [7, 11) is 0. The second kappa shape index (κ2) is 7.39. The second-order valence-electron chi connectivity index (χ2n) is 5.63. The maximum atomic E-state index is 11.4. The average molecular weight is 290 g/mol. The minimum atomic E-state index is -0.492. The highest BCUT2D eigenvalue weighted by Crippen LogP contribution is 2.17. The molecule has 1 rings (SSSR count). The number of nitrogens with one attached hydrogen (secondary N) is 2. The lowest BCUT2D eigenvalue weighted by atomic mass is 10.1. The van der Waals surface area contributed by atoms with Gasteiger partial charge in [-0.25, -0.2) is 4.79 Å². The highest BCUT2D eigenvalue weighted by Gasteiger charge is 2.15. The van der Waals surface area contributed by atoms with Crippen molar-refractivity contribution in [3.8, 4) is 6.07 Å². The van der Waals surface area contributed by atoms with Crippen LogP contribution in [0.5, 0.6) is 0 Å². The molecule has 1 aromatic carbocycles. The first-order chi connectivity index (χ1) is 9.81. The summed E-state index contributed by atoms with van der Waals surface area (Å²) < 4.78 is 5.12. The van der Waals surface area contributed by atoms with Crippen molar-refractivity contribution in [2.24, 2.45) is 0 Å². The average Bonchev–Trinajstić information content (AvgIpc) is 2.37. The molecule has 21 heavy (non-hydrogen) atoms. The van der Waals surface area contributed by atoms with Crippen LogP contribution in [-0.4, -0.2) is 24.8 Å². The number of carbonyl (C=O) groups excluding carboxylic acids is 1. The van der Waals surface area contributed by atoms with E-state index >= 15 is 0 Å².